The molecule has 0 unspecified atom stereocenters. The van der Waals surface area contributed by atoms with Crippen LogP contribution in [0.5, 0.6) is 0 Å². The van der Waals surface area contributed by atoms with E-state index >= 15 is 0 Å². The Labute approximate surface area is 78.2 Å². The largest absolute Gasteiger partial charge is 0.481 e. The molecule has 1 aromatic carbocycles. The highest BCUT2D eigenvalue weighted by atomic mass is 16.4. The fourth-order valence-corrected chi connectivity index (χ4v) is 1.29. The first kappa shape index (κ1) is 9.78. The molecule has 1 rings (SSSR count). The fourth-order valence-electron chi connectivity index (χ4n) is 1.29. The smallest absolute Gasteiger partial charge is 0.303 e. The Bertz CT molecular complexity index is 267. The van der Waals surface area contributed by atoms with Crippen LogP contribution in [0.15, 0.2) is 30.3 Å². The van der Waals surface area contributed by atoms with E-state index in [1.54, 1.807) is 0 Å². The molecule has 0 fully saturated rings. The quantitative estimate of drug-likeness (QED) is 0.769. The number of aliphatic carboxylic acids is 1. The molecule has 0 aliphatic rings. The van der Waals surface area contributed by atoms with Crippen LogP contribution in [-0.4, -0.2) is 11.1 Å². The molecule has 0 amide bonds. The molecule has 0 saturated heterocycles. The Balaban J connectivity index is 2.49. The van der Waals surface area contributed by atoms with Crippen molar-refractivity contribution in [1.82, 2.24) is 0 Å². The number of carboxylic acids is 1. The van der Waals surface area contributed by atoms with Crippen LogP contribution in [0.1, 0.15) is 31.2 Å². The van der Waals surface area contributed by atoms with Crippen LogP contribution in [0.25, 0.3) is 0 Å². The molecule has 2 nitrogen and oxygen atoms in total. The van der Waals surface area contributed by atoms with Gasteiger partial charge in [0.25, 0.3) is 0 Å². The summed E-state index contributed by atoms with van der Waals surface area (Å²) in [7, 11) is 0. The second-order valence-electron chi connectivity index (χ2n) is 3.24. The van der Waals surface area contributed by atoms with Crippen LogP contribution in [0, 0.1) is 0 Å². The first-order valence-corrected chi connectivity index (χ1v) is 4.47. The summed E-state index contributed by atoms with van der Waals surface area (Å²) in [5, 5.41) is 8.51. The Kier molecular flexibility index (Phi) is 3.50. The molecule has 0 heterocycles. The summed E-state index contributed by atoms with van der Waals surface area (Å²) in [5.74, 6) is -0.389. The van der Waals surface area contributed by atoms with E-state index in [0.29, 0.717) is 12.3 Å². The third-order valence-electron chi connectivity index (χ3n) is 2.16. The first-order valence-electron chi connectivity index (χ1n) is 4.47. The van der Waals surface area contributed by atoms with Crippen molar-refractivity contribution < 1.29 is 9.90 Å². The van der Waals surface area contributed by atoms with Gasteiger partial charge in [0.15, 0.2) is 0 Å². The molecule has 0 radical (unpaired) electrons. The summed E-state index contributed by atoms with van der Waals surface area (Å²) in [6.07, 6.45) is 0.954. The van der Waals surface area contributed by atoms with Crippen LogP contribution in [-0.2, 0) is 4.79 Å². The van der Waals surface area contributed by atoms with Gasteiger partial charge in [-0.1, -0.05) is 37.3 Å². The summed E-state index contributed by atoms with van der Waals surface area (Å²) in [6.45, 7) is 2.05. The minimum Gasteiger partial charge on any atom is -0.481 e. The van der Waals surface area contributed by atoms with Gasteiger partial charge in [-0.25, -0.2) is 0 Å². The summed E-state index contributed by atoms with van der Waals surface area (Å²) in [5.41, 5.74) is 1.21. The van der Waals surface area contributed by atoms with Gasteiger partial charge in [0.05, 0.1) is 0 Å². The Morgan fingerprint density at radius 2 is 2.00 bits per heavy atom. The summed E-state index contributed by atoms with van der Waals surface area (Å²) in [6, 6.07) is 9.99. The van der Waals surface area contributed by atoms with Crippen LogP contribution < -0.4 is 0 Å². The monoisotopic (exact) mass is 178 g/mol. The average Bonchev–Trinajstić information content (AvgIpc) is 2.15. The lowest BCUT2D eigenvalue weighted by Crippen LogP contribution is -1.99. The number of benzene rings is 1. The van der Waals surface area contributed by atoms with Crippen molar-refractivity contribution in [2.45, 2.75) is 25.7 Å². The van der Waals surface area contributed by atoms with Crippen molar-refractivity contribution in [2.75, 3.05) is 0 Å². The van der Waals surface area contributed by atoms with Gasteiger partial charge in [-0.2, -0.15) is 0 Å². The van der Waals surface area contributed by atoms with Gasteiger partial charge in [-0.15, -0.1) is 0 Å². The Morgan fingerprint density at radius 3 is 2.54 bits per heavy atom. The van der Waals surface area contributed by atoms with E-state index < -0.39 is 5.97 Å². The Hall–Kier alpha value is -1.31. The standard InChI is InChI=1S/C11H14O2/c1-9(7-8-11(12)13)10-5-3-2-4-6-10/h2-6,9H,7-8H2,1H3,(H,12,13)/t9-/m0/s1. The maximum atomic E-state index is 10.3. The maximum absolute atomic E-state index is 10.3. The molecule has 0 spiro atoms. The molecule has 0 bridgehead atoms. The first-order chi connectivity index (χ1) is 6.20. The normalized spacial score (nSPS) is 12.4. The number of carbonyl (C=O) groups is 1. The van der Waals surface area contributed by atoms with E-state index in [0.717, 1.165) is 0 Å². The summed E-state index contributed by atoms with van der Waals surface area (Å²) < 4.78 is 0. The lowest BCUT2D eigenvalue weighted by atomic mass is 9.96. The van der Waals surface area contributed by atoms with Gasteiger partial charge in [0.2, 0.25) is 0 Å². The van der Waals surface area contributed by atoms with Gasteiger partial charge in [-0.3, -0.25) is 4.79 Å². The van der Waals surface area contributed by atoms with E-state index in [1.807, 2.05) is 30.3 Å². The van der Waals surface area contributed by atoms with Gasteiger partial charge in [0, 0.05) is 6.42 Å². The van der Waals surface area contributed by atoms with E-state index in [2.05, 4.69) is 6.92 Å². The van der Waals surface area contributed by atoms with E-state index in [-0.39, 0.29) is 6.42 Å². The van der Waals surface area contributed by atoms with Crippen LogP contribution in [0.4, 0.5) is 0 Å². The van der Waals surface area contributed by atoms with Gasteiger partial charge < -0.3 is 5.11 Å². The second-order valence-corrected chi connectivity index (χ2v) is 3.24. The van der Waals surface area contributed by atoms with Crippen molar-refractivity contribution in [3.63, 3.8) is 0 Å². The molecule has 1 N–H and O–H groups in total. The maximum Gasteiger partial charge on any atom is 0.303 e. The van der Waals surface area contributed by atoms with Gasteiger partial charge in [0.1, 0.15) is 0 Å². The van der Waals surface area contributed by atoms with Gasteiger partial charge >= 0.3 is 5.97 Å². The van der Waals surface area contributed by atoms with E-state index in [1.165, 1.54) is 5.56 Å². The van der Waals surface area contributed by atoms with Crippen molar-refractivity contribution in [3.8, 4) is 0 Å². The summed E-state index contributed by atoms with van der Waals surface area (Å²) >= 11 is 0. The predicted octanol–water partition coefficient (Wildman–Crippen LogP) is 2.65. The molecular weight excluding hydrogens is 164 g/mol. The lowest BCUT2D eigenvalue weighted by Gasteiger charge is -2.09. The number of rotatable bonds is 4. The zero-order chi connectivity index (χ0) is 9.68. The molecule has 0 aliphatic heterocycles. The zero-order valence-electron chi connectivity index (χ0n) is 7.73. The Morgan fingerprint density at radius 1 is 1.38 bits per heavy atom. The SMILES string of the molecule is C[C@@H](CCC(=O)O)c1ccccc1. The fraction of sp³-hybridized carbons (Fsp3) is 0.364. The molecule has 0 saturated carbocycles. The lowest BCUT2D eigenvalue weighted by molar-refractivity contribution is -0.137. The van der Waals surface area contributed by atoms with Crippen LogP contribution in [0.3, 0.4) is 0 Å². The molecular formula is C11H14O2. The van der Waals surface area contributed by atoms with Crippen LogP contribution >= 0.6 is 0 Å². The number of carboxylic acid groups (broad SMARTS) is 1. The molecule has 2 heteroatoms. The molecule has 1 atom stereocenters. The molecule has 0 aliphatic carbocycles. The minimum absolute atomic E-state index is 0.246. The molecule has 70 valence electrons. The predicted molar refractivity (Wildman–Crippen MR) is 51.7 cm³/mol. The minimum atomic E-state index is -0.720. The summed E-state index contributed by atoms with van der Waals surface area (Å²) in [4.78, 5) is 10.3. The van der Waals surface area contributed by atoms with E-state index in [4.69, 9.17) is 5.11 Å². The van der Waals surface area contributed by atoms with E-state index in [9.17, 15) is 4.79 Å². The van der Waals surface area contributed by atoms with Crippen molar-refractivity contribution in [3.05, 3.63) is 35.9 Å². The highest BCUT2D eigenvalue weighted by Crippen LogP contribution is 2.19. The highest BCUT2D eigenvalue weighted by molar-refractivity contribution is 5.66. The van der Waals surface area contributed by atoms with Gasteiger partial charge in [-0.05, 0) is 17.9 Å². The number of hydrogen-bond acceptors (Lipinski definition) is 1. The second kappa shape index (κ2) is 4.65. The zero-order valence-corrected chi connectivity index (χ0v) is 7.73. The topological polar surface area (TPSA) is 37.3 Å². The number of hydrogen-bond donors (Lipinski definition) is 1. The third kappa shape index (κ3) is 3.28. The van der Waals surface area contributed by atoms with Crippen molar-refractivity contribution >= 4 is 5.97 Å². The molecule has 1 aromatic rings. The highest BCUT2D eigenvalue weighted by Gasteiger charge is 2.06. The average molecular weight is 178 g/mol. The third-order valence-corrected chi connectivity index (χ3v) is 2.16. The van der Waals surface area contributed by atoms with Crippen molar-refractivity contribution in [2.24, 2.45) is 0 Å². The van der Waals surface area contributed by atoms with Crippen LogP contribution in [0.2, 0.25) is 0 Å². The van der Waals surface area contributed by atoms with Crippen molar-refractivity contribution in [1.29, 1.82) is 0 Å². The molecule has 0 aromatic heterocycles. The molecule has 13 heavy (non-hydrogen) atoms.